The lowest BCUT2D eigenvalue weighted by Crippen LogP contribution is -2.78. The van der Waals surface area contributed by atoms with Gasteiger partial charge < -0.3 is 4.74 Å². The normalized spacial score (nSPS) is 25.6. The minimum atomic E-state index is -2.13. The van der Waals surface area contributed by atoms with Crippen molar-refractivity contribution in [1.82, 2.24) is 0 Å². The van der Waals surface area contributed by atoms with Gasteiger partial charge in [0.05, 0.1) is 10.8 Å². The van der Waals surface area contributed by atoms with E-state index < -0.39 is 32.5 Å². The van der Waals surface area contributed by atoms with Crippen LogP contribution in [0.4, 0.5) is 0 Å². The minimum Gasteiger partial charge on any atom is -0.390 e. The van der Waals surface area contributed by atoms with E-state index in [0.29, 0.717) is 0 Å². The third kappa shape index (κ3) is 3.33. The first-order valence-corrected chi connectivity index (χ1v) is 17.7. The van der Waals surface area contributed by atoms with Crippen molar-refractivity contribution in [1.29, 1.82) is 0 Å². The van der Waals surface area contributed by atoms with Crippen molar-refractivity contribution in [2.24, 2.45) is 0 Å². The Hall–Kier alpha value is -5.48. The maximum Gasteiger partial charge on any atom is 0.339 e. The molecule has 0 N–H and O–H groups in total. The molecule has 0 saturated carbocycles. The number of esters is 2. The molecule has 0 radical (unpaired) electrons. The van der Waals surface area contributed by atoms with Gasteiger partial charge in [-0.25, -0.2) is 9.59 Å². The van der Waals surface area contributed by atoms with Crippen LogP contribution >= 0.6 is 23.2 Å². The van der Waals surface area contributed by atoms with Crippen LogP contribution in [0.2, 0.25) is 0 Å². The average Bonchev–Trinajstić information content (AvgIpc) is 3.38. The van der Waals surface area contributed by atoms with Gasteiger partial charge in [0.2, 0.25) is 0 Å². The number of carbonyl (C=O) groups is 2. The zero-order valence-corrected chi connectivity index (χ0v) is 28.7. The quantitative estimate of drug-likeness (QED) is 0.104. The minimum absolute atomic E-state index is 0.734. The average molecular weight is 700 g/mol. The molecule has 11 rings (SSSR count). The standard InChI is InChI=1S/C46H28Cl2O3/c47-45-41(49)51-42(50)46(45,48)44(32-23-11-4-12-24-32)36-28-16-15-27-35(36)43(45,31-21-9-3-10-22-31)39-37(29-17-5-1-6-18-29)33-25-13-14-26-34(33)38(40(39)44)30-19-7-2-8-20-30/h1-28H. The van der Waals surface area contributed by atoms with Gasteiger partial charge in [0.1, 0.15) is 0 Å². The number of ether oxygens (including phenoxy) is 1. The van der Waals surface area contributed by atoms with Gasteiger partial charge in [0, 0.05) is 0 Å². The van der Waals surface area contributed by atoms with Gasteiger partial charge in [0.15, 0.2) is 9.75 Å². The van der Waals surface area contributed by atoms with Crippen molar-refractivity contribution >= 4 is 45.9 Å². The molecule has 3 nitrogen and oxygen atoms in total. The Morgan fingerprint density at radius 1 is 0.392 bits per heavy atom. The van der Waals surface area contributed by atoms with Crippen LogP contribution in [0.3, 0.4) is 0 Å². The number of alkyl halides is 2. The summed E-state index contributed by atoms with van der Waals surface area (Å²) < 4.78 is 5.80. The van der Waals surface area contributed by atoms with Crippen LogP contribution in [0, 0.1) is 0 Å². The van der Waals surface area contributed by atoms with Crippen LogP contribution in [-0.2, 0) is 25.2 Å². The summed E-state index contributed by atoms with van der Waals surface area (Å²) in [6, 6.07) is 56.5. The second kappa shape index (κ2) is 10.5. The maximum atomic E-state index is 14.9. The number of halogens is 2. The van der Waals surface area contributed by atoms with E-state index in [-0.39, 0.29) is 0 Å². The van der Waals surface area contributed by atoms with Crippen LogP contribution in [0.1, 0.15) is 33.4 Å². The molecule has 0 aromatic heterocycles. The van der Waals surface area contributed by atoms with Crippen LogP contribution in [0.15, 0.2) is 170 Å². The molecule has 1 saturated heterocycles. The number of benzene rings is 7. The molecule has 7 aromatic rings. The Morgan fingerprint density at radius 2 is 0.706 bits per heavy atom. The number of cyclic esters (lactones) is 2. The molecule has 2 bridgehead atoms. The van der Waals surface area contributed by atoms with Crippen molar-refractivity contribution in [2.75, 3.05) is 0 Å². The highest BCUT2D eigenvalue weighted by Gasteiger charge is 2.89. The molecule has 1 fully saturated rings. The van der Waals surface area contributed by atoms with E-state index in [0.717, 1.165) is 66.4 Å². The highest BCUT2D eigenvalue weighted by molar-refractivity contribution is 6.54. The van der Waals surface area contributed by atoms with E-state index in [4.69, 9.17) is 27.9 Å². The van der Waals surface area contributed by atoms with Gasteiger partial charge in [-0.15, -0.1) is 23.2 Å². The molecule has 4 unspecified atom stereocenters. The van der Waals surface area contributed by atoms with Gasteiger partial charge in [-0.2, -0.15) is 0 Å². The molecule has 3 aliphatic carbocycles. The predicted molar refractivity (Wildman–Crippen MR) is 202 cm³/mol. The smallest absolute Gasteiger partial charge is 0.339 e. The predicted octanol–water partition coefficient (Wildman–Crippen LogP) is 10.2. The first kappa shape index (κ1) is 30.4. The van der Waals surface area contributed by atoms with E-state index in [1.807, 2.05) is 133 Å². The lowest BCUT2D eigenvalue weighted by Gasteiger charge is -2.66. The van der Waals surface area contributed by atoms with Gasteiger partial charge >= 0.3 is 11.9 Å². The first-order valence-electron chi connectivity index (χ1n) is 17.0. The monoisotopic (exact) mass is 698 g/mol. The molecule has 51 heavy (non-hydrogen) atoms. The van der Waals surface area contributed by atoms with Crippen LogP contribution in [-0.4, -0.2) is 21.7 Å². The number of fused-ring (bicyclic) bond motifs is 1. The molecular formula is C46H28Cl2O3. The summed E-state index contributed by atoms with van der Waals surface area (Å²) >= 11 is 16.4. The zero-order chi connectivity index (χ0) is 34.6. The Kier molecular flexibility index (Phi) is 6.26. The molecule has 1 heterocycles. The summed E-state index contributed by atoms with van der Waals surface area (Å²) in [6.07, 6.45) is 0. The molecule has 4 atom stereocenters. The molecule has 0 spiro atoms. The van der Waals surface area contributed by atoms with Crippen molar-refractivity contribution in [3.8, 4) is 22.3 Å². The maximum absolute atomic E-state index is 14.9. The third-order valence-electron chi connectivity index (χ3n) is 11.5. The number of rotatable bonds is 4. The molecular weight excluding hydrogens is 671 g/mol. The van der Waals surface area contributed by atoms with E-state index in [9.17, 15) is 9.59 Å². The zero-order valence-electron chi connectivity index (χ0n) is 27.1. The van der Waals surface area contributed by atoms with Crippen LogP contribution in [0.5, 0.6) is 0 Å². The first-order chi connectivity index (χ1) is 24.9. The lowest BCUT2D eigenvalue weighted by atomic mass is 9.37. The Balaban J connectivity index is 1.63. The van der Waals surface area contributed by atoms with Gasteiger partial charge in [0.25, 0.3) is 0 Å². The molecule has 1 aliphatic heterocycles. The van der Waals surface area contributed by atoms with E-state index in [1.54, 1.807) is 0 Å². The van der Waals surface area contributed by atoms with Crippen molar-refractivity contribution in [3.63, 3.8) is 0 Å². The second-order valence-corrected chi connectivity index (χ2v) is 14.7. The Labute approximate surface area is 305 Å². The SMILES string of the molecule is O=C1OC(=O)C2(Cl)C3(c4ccccc4)c4ccccc4C(c4ccccc4)(c4c3c(-c3ccccc3)c3ccccc3c4-c3ccccc3)C12Cl. The second-order valence-electron chi connectivity index (χ2n) is 13.5. The van der Waals surface area contributed by atoms with Crippen LogP contribution in [0.25, 0.3) is 33.0 Å². The van der Waals surface area contributed by atoms with E-state index >= 15 is 0 Å². The fourth-order valence-corrected chi connectivity index (χ4v) is 10.9. The third-order valence-corrected chi connectivity index (χ3v) is 13.0. The van der Waals surface area contributed by atoms with E-state index in [1.165, 1.54) is 0 Å². The number of carbonyl (C=O) groups excluding carboxylic acids is 2. The number of hydrogen-bond acceptors (Lipinski definition) is 3. The number of hydrogen-bond donors (Lipinski definition) is 0. The summed E-state index contributed by atoms with van der Waals surface area (Å²) in [7, 11) is 0. The fraction of sp³-hybridized carbons (Fsp3) is 0.0870. The van der Waals surface area contributed by atoms with Gasteiger partial charge in [-0.1, -0.05) is 170 Å². The summed E-state index contributed by atoms with van der Waals surface area (Å²) in [6.45, 7) is 0. The largest absolute Gasteiger partial charge is 0.390 e. The van der Waals surface area contributed by atoms with Crippen molar-refractivity contribution < 1.29 is 14.3 Å². The molecule has 5 heteroatoms. The van der Waals surface area contributed by atoms with Crippen LogP contribution < -0.4 is 0 Å². The summed E-state index contributed by atoms with van der Waals surface area (Å²) in [5, 5.41) is 1.98. The summed E-state index contributed by atoms with van der Waals surface area (Å²) in [5.41, 5.74) is 5.49. The topological polar surface area (TPSA) is 43.4 Å². The summed E-state index contributed by atoms with van der Waals surface area (Å²) in [4.78, 5) is 25.6. The van der Waals surface area contributed by atoms with Crippen molar-refractivity contribution in [3.05, 3.63) is 203 Å². The summed E-state index contributed by atoms with van der Waals surface area (Å²) in [5.74, 6) is -1.72. The molecule has 4 aliphatic rings. The fourth-order valence-electron chi connectivity index (χ4n) is 9.82. The van der Waals surface area contributed by atoms with Gasteiger partial charge in [-0.3, -0.25) is 0 Å². The lowest BCUT2D eigenvalue weighted by molar-refractivity contribution is -0.153. The highest BCUT2D eigenvalue weighted by Crippen LogP contribution is 2.79. The highest BCUT2D eigenvalue weighted by atomic mass is 35.5. The Bertz CT molecular complexity index is 2390. The molecule has 0 amide bonds. The molecule has 244 valence electrons. The van der Waals surface area contributed by atoms with Gasteiger partial charge in [-0.05, 0) is 66.4 Å². The Morgan fingerprint density at radius 3 is 1.08 bits per heavy atom. The van der Waals surface area contributed by atoms with E-state index in [2.05, 4.69) is 36.4 Å². The van der Waals surface area contributed by atoms with Crippen molar-refractivity contribution in [2.45, 2.75) is 20.6 Å². The molecule has 7 aromatic carbocycles.